The highest BCUT2D eigenvalue weighted by Crippen LogP contribution is 2.29. The Morgan fingerprint density at radius 2 is 1.80 bits per heavy atom. The molecule has 0 bridgehead atoms. The standard InChI is InChI=1S/C22H18N2O/c1-2-3-6-14-11-12-18-19(13-14)24-21(23-18)16-9-4-7-15-8-5-10-17(20(15)16)22(24)25/h4-5,7-13H,2-3,6H2,1H3. The van der Waals surface area contributed by atoms with E-state index < -0.39 is 0 Å². The van der Waals surface area contributed by atoms with Crippen molar-refractivity contribution in [3.8, 4) is 0 Å². The molecule has 0 unspecified atom stereocenters. The van der Waals surface area contributed by atoms with Crippen molar-refractivity contribution in [3.63, 3.8) is 0 Å². The highest BCUT2D eigenvalue weighted by molar-refractivity contribution is 6.15. The van der Waals surface area contributed by atoms with Crippen LogP contribution in [0.3, 0.4) is 0 Å². The van der Waals surface area contributed by atoms with Crippen molar-refractivity contribution < 1.29 is 0 Å². The molecule has 3 aromatic carbocycles. The lowest BCUT2D eigenvalue weighted by molar-refractivity contribution is 0.795. The van der Waals surface area contributed by atoms with Crippen LogP contribution in [0.25, 0.3) is 38.2 Å². The second kappa shape index (κ2) is 5.28. The average Bonchev–Trinajstić information content (AvgIpc) is 3.03. The van der Waals surface area contributed by atoms with E-state index in [1.54, 1.807) is 4.40 Å². The van der Waals surface area contributed by atoms with Gasteiger partial charge in [0.2, 0.25) is 0 Å². The van der Waals surface area contributed by atoms with Gasteiger partial charge in [0.1, 0.15) is 5.65 Å². The maximum absolute atomic E-state index is 13.2. The summed E-state index contributed by atoms with van der Waals surface area (Å²) in [6, 6.07) is 18.4. The Kier molecular flexibility index (Phi) is 3.04. The molecule has 0 radical (unpaired) electrons. The molecule has 0 aliphatic carbocycles. The lowest BCUT2D eigenvalue weighted by atomic mass is 10.0. The van der Waals surface area contributed by atoms with Crippen molar-refractivity contribution in [2.75, 3.05) is 0 Å². The third kappa shape index (κ3) is 1.99. The molecule has 5 aromatic rings. The maximum Gasteiger partial charge on any atom is 0.264 e. The second-order valence-corrected chi connectivity index (χ2v) is 6.71. The largest absolute Gasteiger partial charge is 0.268 e. The molecular weight excluding hydrogens is 308 g/mol. The van der Waals surface area contributed by atoms with Crippen molar-refractivity contribution in [3.05, 3.63) is 70.5 Å². The Bertz CT molecular complexity index is 1290. The van der Waals surface area contributed by atoms with Crippen LogP contribution in [0.15, 0.2) is 59.4 Å². The SMILES string of the molecule is CCCCc1ccc2nc3c4cccc5cccc(c(=O)n3c2c1)c54. The highest BCUT2D eigenvalue weighted by Gasteiger charge is 2.15. The molecule has 0 saturated heterocycles. The Labute approximate surface area is 144 Å². The van der Waals surface area contributed by atoms with Crippen LogP contribution in [-0.2, 0) is 6.42 Å². The summed E-state index contributed by atoms with van der Waals surface area (Å²) in [5, 5.41) is 3.91. The smallest absolute Gasteiger partial charge is 0.264 e. The number of nitrogens with zero attached hydrogens (tertiary/aromatic N) is 2. The molecule has 3 heteroatoms. The van der Waals surface area contributed by atoms with Crippen molar-refractivity contribution >= 4 is 38.2 Å². The first-order valence-corrected chi connectivity index (χ1v) is 8.86. The molecule has 5 rings (SSSR count). The van der Waals surface area contributed by atoms with E-state index in [9.17, 15) is 4.79 Å². The summed E-state index contributed by atoms with van der Waals surface area (Å²) in [7, 11) is 0. The van der Waals surface area contributed by atoms with Crippen LogP contribution in [-0.4, -0.2) is 9.38 Å². The van der Waals surface area contributed by atoms with Gasteiger partial charge in [-0.1, -0.05) is 49.7 Å². The van der Waals surface area contributed by atoms with Gasteiger partial charge in [-0.15, -0.1) is 0 Å². The fraction of sp³-hybridized carbons (Fsp3) is 0.182. The Morgan fingerprint density at radius 1 is 1.00 bits per heavy atom. The minimum absolute atomic E-state index is 0.0226. The minimum atomic E-state index is 0.0226. The van der Waals surface area contributed by atoms with Gasteiger partial charge < -0.3 is 0 Å². The Balaban J connectivity index is 1.97. The number of hydrogen-bond acceptors (Lipinski definition) is 2. The topological polar surface area (TPSA) is 34.4 Å². The summed E-state index contributed by atoms with van der Waals surface area (Å²) in [6.07, 6.45) is 3.35. The van der Waals surface area contributed by atoms with Gasteiger partial charge in [-0.2, -0.15) is 0 Å². The van der Waals surface area contributed by atoms with Crippen LogP contribution in [0.1, 0.15) is 25.3 Å². The third-order valence-electron chi connectivity index (χ3n) is 5.12. The molecule has 0 atom stereocenters. The first kappa shape index (κ1) is 14.4. The lowest BCUT2D eigenvalue weighted by Gasteiger charge is -2.06. The molecule has 2 aromatic heterocycles. The summed E-state index contributed by atoms with van der Waals surface area (Å²) >= 11 is 0. The zero-order chi connectivity index (χ0) is 17.0. The van der Waals surface area contributed by atoms with Gasteiger partial charge in [-0.05, 0) is 42.0 Å². The predicted octanol–water partition coefficient (Wildman–Crippen LogP) is 4.93. The zero-order valence-electron chi connectivity index (χ0n) is 14.1. The van der Waals surface area contributed by atoms with Gasteiger partial charge in [0.05, 0.1) is 11.0 Å². The quantitative estimate of drug-likeness (QED) is 0.471. The van der Waals surface area contributed by atoms with E-state index in [1.165, 1.54) is 5.56 Å². The van der Waals surface area contributed by atoms with Crippen LogP contribution >= 0.6 is 0 Å². The molecule has 3 nitrogen and oxygen atoms in total. The number of aromatic nitrogens is 2. The number of benzene rings is 3. The molecule has 0 N–H and O–H groups in total. The van der Waals surface area contributed by atoms with E-state index in [0.717, 1.165) is 57.5 Å². The number of pyridine rings is 1. The van der Waals surface area contributed by atoms with Gasteiger partial charge in [0.15, 0.2) is 0 Å². The second-order valence-electron chi connectivity index (χ2n) is 6.71. The number of unbranched alkanes of at least 4 members (excludes halogenated alkanes) is 1. The molecule has 0 aliphatic heterocycles. The van der Waals surface area contributed by atoms with Gasteiger partial charge in [0, 0.05) is 16.2 Å². The van der Waals surface area contributed by atoms with E-state index in [2.05, 4.69) is 37.3 Å². The molecule has 122 valence electrons. The fourth-order valence-electron chi connectivity index (χ4n) is 3.87. The van der Waals surface area contributed by atoms with Gasteiger partial charge in [-0.3, -0.25) is 9.20 Å². The zero-order valence-corrected chi connectivity index (χ0v) is 14.1. The first-order chi connectivity index (χ1) is 12.3. The van der Waals surface area contributed by atoms with Crippen LogP contribution in [0.5, 0.6) is 0 Å². The van der Waals surface area contributed by atoms with E-state index in [4.69, 9.17) is 4.98 Å². The van der Waals surface area contributed by atoms with Crippen molar-refractivity contribution in [1.82, 2.24) is 9.38 Å². The highest BCUT2D eigenvalue weighted by atomic mass is 16.1. The van der Waals surface area contributed by atoms with E-state index >= 15 is 0 Å². The normalized spacial score (nSPS) is 12.0. The van der Waals surface area contributed by atoms with Crippen LogP contribution in [0.2, 0.25) is 0 Å². The maximum atomic E-state index is 13.2. The number of fused-ring (bicyclic) bond motifs is 4. The molecular formula is C22H18N2O. The third-order valence-corrected chi connectivity index (χ3v) is 5.12. The summed E-state index contributed by atoms with van der Waals surface area (Å²) in [4.78, 5) is 18.0. The minimum Gasteiger partial charge on any atom is -0.268 e. The number of rotatable bonds is 3. The van der Waals surface area contributed by atoms with E-state index in [-0.39, 0.29) is 5.56 Å². The average molecular weight is 326 g/mol. The molecule has 2 heterocycles. The molecule has 0 saturated carbocycles. The summed E-state index contributed by atoms with van der Waals surface area (Å²) in [5.74, 6) is 0. The summed E-state index contributed by atoms with van der Waals surface area (Å²) in [6.45, 7) is 2.19. The summed E-state index contributed by atoms with van der Waals surface area (Å²) < 4.78 is 1.79. The number of aryl methyl sites for hydroxylation is 1. The van der Waals surface area contributed by atoms with Crippen LogP contribution in [0, 0.1) is 0 Å². The molecule has 25 heavy (non-hydrogen) atoms. The van der Waals surface area contributed by atoms with Crippen LogP contribution in [0.4, 0.5) is 0 Å². The van der Waals surface area contributed by atoms with Gasteiger partial charge in [0.25, 0.3) is 5.56 Å². The van der Waals surface area contributed by atoms with Crippen molar-refractivity contribution in [2.24, 2.45) is 0 Å². The molecule has 0 spiro atoms. The van der Waals surface area contributed by atoms with Crippen molar-refractivity contribution in [2.45, 2.75) is 26.2 Å². The number of hydrogen-bond donors (Lipinski definition) is 0. The number of imidazole rings is 1. The van der Waals surface area contributed by atoms with Crippen LogP contribution < -0.4 is 5.56 Å². The van der Waals surface area contributed by atoms with Crippen molar-refractivity contribution in [1.29, 1.82) is 0 Å². The molecule has 0 fully saturated rings. The van der Waals surface area contributed by atoms with Gasteiger partial charge in [-0.25, -0.2) is 4.98 Å². The predicted molar refractivity (Wildman–Crippen MR) is 104 cm³/mol. The van der Waals surface area contributed by atoms with Gasteiger partial charge >= 0.3 is 0 Å². The molecule has 0 aliphatic rings. The Hall–Kier alpha value is -2.94. The monoisotopic (exact) mass is 326 g/mol. The molecule has 0 amide bonds. The Morgan fingerprint density at radius 3 is 2.60 bits per heavy atom. The lowest BCUT2D eigenvalue weighted by Crippen LogP contribution is -2.13. The summed E-state index contributed by atoms with van der Waals surface area (Å²) in [5.41, 5.74) is 3.85. The fourth-order valence-corrected chi connectivity index (χ4v) is 3.87. The first-order valence-electron chi connectivity index (χ1n) is 8.86. The van der Waals surface area contributed by atoms with E-state index in [1.807, 2.05) is 24.3 Å². The van der Waals surface area contributed by atoms with E-state index in [0.29, 0.717) is 0 Å².